The number of nitro benzene ring substituents is 1. The molecule has 0 fully saturated rings. The highest BCUT2D eigenvalue weighted by Gasteiger charge is 2.03. The standard InChI is InChI=1S/C10H14N4O2/c1-3-13(4-2)12-11-9-5-7-10(8-6-9)14(15)16/h5-8H,3-4H2,1-2H3. The van der Waals surface area contributed by atoms with Crippen molar-refractivity contribution in [3.63, 3.8) is 0 Å². The van der Waals surface area contributed by atoms with Crippen LogP contribution in [0.3, 0.4) is 0 Å². The van der Waals surface area contributed by atoms with Crippen LogP contribution in [0.4, 0.5) is 11.4 Å². The van der Waals surface area contributed by atoms with Crippen LogP contribution in [0.25, 0.3) is 0 Å². The van der Waals surface area contributed by atoms with Crippen molar-refractivity contribution in [2.45, 2.75) is 13.8 Å². The Hall–Kier alpha value is -1.98. The van der Waals surface area contributed by atoms with E-state index in [1.807, 2.05) is 13.8 Å². The van der Waals surface area contributed by atoms with Crippen LogP contribution in [0.1, 0.15) is 13.8 Å². The maximum Gasteiger partial charge on any atom is 0.269 e. The van der Waals surface area contributed by atoms with Crippen molar-refractivity contribution in [3.8, 4) is 0 Å². The highest BCUT2D eigenvalue weighted by molar-refractivity contribution is 5.43. The van der Waals surface area contributed by atoms with Gasteiger partial charge in [0.1, 0.15) is 0 Å². The number of hydrogen-bond donors (Lipinski definition) is 0. The predicted octanol–water partition coefficient (Wildman–Crippen LogP) is 2.94. The summed E-state index contributed by atoms with van der Waals surface area (Å²) in [6, 6.07) is 5.98. The molecule has 0 atom stereocenters. The van der Waals surface area contributed by atoms with Crippen molar-refractivity contribution in [2.75, 3.05) is 13.1 Å². The Morgan fingerprint density at radius 2 is 1.81 bits per heavy atom. The summed E-state index contributed by atoms with van der Waals surface area (Å²) < 4.78 is 0. The molecule has 1 aromatic carbocycles. The average Bonchev–Trinajstić information content (AvgIpc) is 2.31. The van der Waals surface area contributed by atoms with E-state index < -0.39 is 4.92 Å². The predicted molar refractivity (Wildman–Crippen MR) is 60.5 cm³/mol. The average molecular weight is 222 g/mol. The highest BCUT2D eigenvalue weighted by atomic mass is 16.6. The van der Waals surface area contributed by atoms with Gasteiger partial charge in [-0.05, 0) is 26.0 Å². The fraction of sp³-hybridized carbons (Fsp3) is 0.400. The van der Waals surface area contributed by atoms with Gasteiger partial charge in [-0.1, -0.05) is 5.22 Å². The Morgan fingerprint density at radius 3 is 2.25 bits per heavy atom. The van der Waals surface area contributed by atoms with Gasteiger partial charge in [-0.2, -0.15) is 0 Å². The van der Waals surface area contributed by atoms with Crippen LogP contribution >= 0.6 is 0 Å². The lowest BCUT2D eigenvalue weighted by Gasteiger charge is -2.10. The molecule has 86 valence electrons. The molecule has 0 aromatic heterocycles. The largest absolute Gasteiger partial charge is 0.279 e. The van der Waals surface area contributed by atoms with Gasteiger partial charge in [0.25, 0.3) is 5.69 Å². The minimum atomic E-state index is -0.439. The second kappa shape index (κ2) is 5.79. The number of non-ortho nitro benzene ring substituents is 1. The third-order valence-electron chi connectivity index (χ3n) is 2.08. The molecule has 6 heteroatoms. The van der Waals surface area contributed by atoms with Crippen LogP contribution in [0.15, 0.2) is 34.6 Å². The molecule has 0 aliphatic carbocycles. The quantitative estimate of drug-likeness (QED) is 0.437. The molecule has 0 saturated heterocycles. The van der Waals surface area contributed by atoms with Crippen molar-refractivity contribution in [1.82, 2.24) is 5.01 Å². The van der Waals surface area contributed by atoms with Gasteiger partial charge in [0.2, 0.25) is 0 Å². The van der Waals surface area contributed by atoms with Crippen molar-refractivity contribution in [3.05, 3.63) is 34.4 Å². The number of hydrogen-bond acceptors (Lipinski definition) is 4. The summed E-state index contributed by atoms with van der Waals surface area (Å²) in [5.74, 6) is 0. The van der Waals surface area contributed by atoms with Gasteiger partial charge in [0.15, 0.2) is 0 Å². The van der Waals surface area contributed by atoms with E-state index in [4.69, 9.17) is 0 Å². The summed E-state index contributed by atoms with van der Waals surface area (Å²) in [4.78, 5) is 9.98. The molecule has 0 aliphatic rings. The normalized spacial score (nSPS) is 10.6. The Labute approximate surface area is 93.7 Å². The third kappa shape index (κ3) is 3.30. The molecule has 0 N–H and O–H groups in total. The minimum Gasteiger partial charge on any atom is -0.279 e. The summed E-state index contributed by atoms with van der Waals surface area (Å²) in [5, 5.41) is 20.2. The number of benzene rings is 1. The molecule has 1 rings (SSSR count). The van der Waals surface area contributed by atoms with Gasteiger partial charge in [-0.25, -0.2) is 0 Å². The zero-order valence-electron chi connectivity index (χ0n) is 9.33. The summed E-state index contributed by atoms with van der Waals surface area (Å²) in [6.45, 7) is 5.54. The zero-order valence-corrected chi connectivity index (χ0v) is 9.33. The molecule has 16 heavy (non-hydrogen) atoms. The van der Waals surface area contributed by atoms with E-state index in [2.05, 4.69) is 10.3 Å². The monoisotopic (exact) mass is 222 g/mol. The first-order valence-corrected chi connectivity index (χ1v) is 5.08. The van der Waals surface area contributed by atoms with Gasteiger partial charge in [-0.3, -0.25) is 15.1 Å². The van der Waals surface area contributed by atoms with Gasteiger partial charge >= 0.3 is 0 Å². The summed E-state index contributed by atoms with van der Waals surface area (Å²) in [7, 11) is 0. The van der Waals surface area contributed by atoms with Gasteiger partial charge < -0.3 is 0 Å². The topological polar surface area (TPSA) is 71.1 Å². The molecular formula is C10H14N4O2. The third-order valence-corrected chi connectivity index (χ3v) is 2.08. The van der Waals surface area contributed by atoms with E-state index in [1.165, 1.54) is 12.1 Å². The second-order valence-electron chi connectivity index (χ2n) is 3.10. The molecule has 0 spiro atoms. The Morgan fingerprint density at radius 1 is 1.25 bits per heavy atom. The van der Waals surface area contributed by atoms with Crippen LogP contribution in [0.2, 0.25) is 0 Å². The first-order valence-electron chi connectivity index (χ1n) is 5.08. The SMILES string of the molecule is CCN(CC)N=Nc1ccc([N+](=O)[O-])cc1. The molecule has 0 unspecified atom stereocenters. The fourth-order valence-corrected chi connectivity index (χ4v) is 1.11. The summed E-state index contributed by atoms with van der Waals surface area (Å²) in [5.41, 5.74) is 0.666. The molecule has 0 aliphatic heterocycles. The van der Waals surface area contributed by atoms with E-state index in [0.29, 0.717) is 5.69 Å². The molecule has 0 saturated carbocycles. The fourth-order valence-electron chi connectivity index (χ4n) is 1.11. The number of rotatable bonds is 5. The van der Waals surface area contributed by atoms with Crippen molar-refractivity contribution >= 4 is 11.4 Å². The molecule has 0 bridgehead atoms. The van der Waals surface area contributed by atoms with E-state index in [9.17, 15) is 10.1 Å². The first-order chi connectivity index (χ1) is 7.67. The van der Waals surface area contributed by atoms with Crippen LogP contribution in [-0.4, -0.2) is 23.0 Å². The first kappa shape index (κ1) is 12.1. The summed E-state index contributed by atoms with van der Waals surface area (Å²) in [6.07, 6.45) is 0. The Balaban J connectivity index is 2.71. The van der Waals surface area contributed by atoms with Gasteiger partial charge in [-0.15, -0.1) is 5.11 Å². The van der Waals surface area contributed by atoms with Crippen molar-refractivity contribution < 1.29 is 4.92 Å². The molecule has 0 radical (unpaired) electrons. The summed E-state index contributed by atoms with van der Waals surface area (Å²) >= 11 is 0. The maximum atomic E-state index is 10.4. The van der Waals surface area contributed by atoms with E-state index >= 15 is 0 Å². The second-order valence-corrected chi connectivity index (χ2v) is 3.10. The van der Waals surface area contributed by atoms with Gasteiger partial charge in [0.05, 0.1) is 10.6 Å². The van der Waals surface area contributed by atoms with Gasteiger partial charge in [0, 0.05) is 25.2 Å². The number of nitrogens with zero attached hydrogens (tertiary/aromatic N) is 4. The molecule has 0 amide bonds. The Kier molecular flexibility index (Phi) is 4.38. The molecule has 1 aromatic rings. The maximum absolute atomic E-state index is 10.4. The van der Waals surface area contributed by atoms with E-state index in [0.717, 1.165) is 13.1 Å². The molecular weight excluding hydrogens is 208 g/mol. The molecule has 0 heterocycles. The van der Waals surface area contributed by atoms with Crippen LogP contribution in [0, 0.1) is 10.1 Å². The minimum absolute atomic E-state index is 0.0572. The van der Waals surface area contributed by atoms with Crippen LogP contribution in [0.5, 0.6) is 0 Å². The Bertz CT molecular complexity index is 371. The lowest BCUT2D eigenvalue weighted by molar-refractivity contribution is -0.384. The number of nitro groups is 1. The molecule has 6 nitrogen and oxygen atoms in total. The lowest BCUT2D eigenvalue weighted by atomic mass is 10.3. The lowest BCUT2D eigenvalue weighted by Crippen LogP contribution is -2.14. The van der Waals surface area contributed by atoms with E-state index in [1.54, 1.807) is 17.1 Å². The van der Waals surface area contributed by atoms with Crippen molar-refractivity contribution in [1.29, 1.82) is 0 Å². The highest BCUT2D eigenvalue weighted by Crippen LogP contribution is 2.18. The van der Waals surface area contributed by atoms with Crippen LogP contribution in [-0.2, 0) is 0 Å². The van der Waals surface area contributed by atoms with Crippen LogP contribution < -0.4 is 0 Å². The smallest absolute Gasteiger partial charge is 0.269 e. The van der Waals surface area contributed by atoms with E-state index in [-0.39, 0.29) is 5.69 Å². The van der Waals surface area contributed by atoms with Crippen molar-refractivity contribution in [2.24, 2.45) is 10.3 Å². The zero-order chi connectivity index (χ0) is 12.0.